The third-order valence-electron chi connectivity index (χ3n) is 2.94. The van der Waals surface area contributed by atoms with Crippen LogP contribution in [0.1, 0.15) is 20.7 Å². The summed E-state index contributed by atoms with van der Waals surface area (Å²) in [5, 5.41) is 2.93. The van der Waals surface area contributed by atoms with Crippen molar-refractivity contribution in [1.29, 1.82) is 0 Å². The third-order valence-corrected chi connectivity index (χ3v) is 3.27. The zero-order chi connectivity index (χ0) is 14.7. The molecule has 0 radical (unpaired) electrons. The molecule has 0 atom stereocenters. The highest BCUT2D eigenvalue weighted by atomic mass is 35.5. The van der Waals surface area contributed by atoms with E-state index in [1.807, 2.05) is 6.07 Å². The van der Waals surface area contributed by atoms with Crippen LogP contribution >= 0.6 is 11.6 Å². The van der Waals surface area contributed by atoms with E-state index < -0.39 is 5.91 Å². The molecule has 2 amide bonds. The van der Waals surface area contributed by atoms with Gasteiger partial charge in [-0.1, -0.05) is 29.8 Å². The molecule has 0 bridgehead atoms. The molecular formula is C15H13ClN2O2. The quantitative estimate of drug-likeness (QED) is 0.910. The van der Waals surface area contributed by atoms with Crippen LogP contribution in [0.5, 0.6) is 0 Å². The fourth-order valence-electron chi connectivity index (χ4n) is 1.84. The van der Waals surface area contributed by atoms with Crippen LogP contribution < -0.4 is 11.1 Å². The van der Waals surface area contributed by atoms with Gasteiger partial charge in [-0.25, -0.2) is 0 Å². The smallest absolute Gasteiger partial charge is 0.252 e. The summed E-state index contributed by atoms with van der Waals surface area (Å²) < 4.78 is 0. The molecule has 0 unspecified atom stereocenters. The number of benzene rings is 2. The Morgan fingerprint density at radius 2 is 1.65 bits per heavy atom. The van der Waals surface area contributed by atoms with Crippen molar-refractivity contribution >= 4 is 23.4 Å². The maximum Gasteiger partial charge on any atom is 0.252 e. The normalized spacial score (nSPS) is 10.1. The van der Waals surface area contributed by atoms with Gasteiger partial charge in [0.25, 0.3) is 5.91 Å². The van der Waals surface area contributed by atoms with Gasteiger partial charge in [0.15, 0.2) is 0 Å². The molecule has 0 saturated carbocycles. The van der Waals surface area contributed by atoms with Gasteiger partial charge in [0, 0.05) is 12.6 Å². The molecule has 0 aromatic heterocycles. The Hall–Kier alpha value is -2.33. The van der Waals surface area contributed by atoms with Crippen LogP contribution in [-0.4, -0.2) is 18.9 Å². The maximum atomic E-state index is 11.7. The van der Waals surface area contributed by atoms with Gasteiger partial charge in [-0.15, -0.1) is 0 Å². The van der Waals surface area contributed by atoms with E-state index >= 15 is 0 Å². The van der Waals surface area contributed by atoms with Crippen LogP contribution in [0, 0.1) is 0 Å². The number of nitrogens with one attached hydrogen (secondary N) is 1. The standard InChI is InChI=1S/C15H13ClN2O2/c1-18-15(20)12-8-11(6-7-13(12)16)9-2-4-10(5-3-9)14(17)19/h2-8H,1H3,(H2,17,19)(H,18,20). The molecule has 0 aliphatic rings. The average Bonchev–Trinajstić information content (AvgIpc) is 2.47. The van der Waals surface area contributed by atoms with Crippen molar-refractivity contribution in [3.05, 3.63) is 58.6 Å². The highest BCUT2D eigenvalue weighted by Gasteiger charge is 2.10. The Morgan fingerprint density at radius 1 is 1.05 bits per heavy atom. The van der Waals surface area contributed by atoms with Gasteiger partial charge in [-0.3, -0.25) is 9.59 Å². The molecule has 0 spiro atoms. The van der Waals surface area contributed by atoms with Crippen molar-refractivity contribution < 1.29 is 9.59 Å². The molecule has 102 valence electrons. The van der Waals surface area contributed by atoms with Gasteiger partial charge in [-0.2, -0.15) is 0 Å². The van der Waals surface area contributed by atoms with Crippen LogP contribution in [0.25, 0.3) is 11.1 Å². The van der Waals surface area contributed by atoms with E-state index in [2.05, 4.69) is 5.32 Å². The Bertz CT molecular complexity index is 666. The summed E-state index contributed by atoms with van der Waals surface area (Å²) >= 11 is 6.00. The first-order chi connectivity index (χ1) is 9.52. The Labute approximate surface area is 121 Å². The predicted molar refractivity (Wildman–Crippen MR) is 78.8 cm³/mol. The molecule has 5 heteroatoms. The van der Waals surface area contributed by atoms with Crippen LogP contribution in [0.2, 0.25) is 5.02 Å². The maximum absolute atomic E-state index is 11.7. The number of amides is 2. The van der Waals surface area contributed by atoms with Crippen LogP contribution in [0.4, 0.5) is 0 Å². The average molecular weight is 289 g/mol. The summed E-state index contributed by atoms with van der Waals surface area (Å²) in [6.45, 7) is 0. The molecule has 0 fully saturated rings. The van der Waals surface area contributed by atoms with Crippen LogP contribution in [-0.2, 0) is 0 Å². The molecule has 4 nitrogen and oxygen atoms in total. The zero-order valence-corrected chi connectivity index (χ0v) is 11.6. The Morgan fingerprint density at radius 3 is 2.20 bits per heavy atom. The molecule has 2 aromatic carbocycles. The summed E-state index contributed by atoms with van der Waals surface area (Å²) in [6, 6.07) is 12.0. The largest absolute Gasteiger partial charge is 0.366 e. The van der Waals surface area contributed by atoms with E-state index in [0.717, 1.165) is 11.1 Å². The Kier molecular flexibility index (Phi) is 4.05. The highest BCUT2D eigenvalue weighted by molar-refractivity contribution is 6.34. The van der Waals surface area contributed by atoms with Crippen molar-refractivity contribution in [1.82, 2.24) is 5.32 Å². The van der Waals surface area contributed by atoms with E-state index in [1.165, 1.54) is 0 Å². The number of primary amides is 1. The number of hydrogen-bond acceptors (Lipinski definition) is 2. The van der Waals surface area contributed by atoms with Gasteiger partial charge in [-0.05, 0) is 35.4 Å². The highest BCUT2D eigenvalue weighted by Crippen LogP contribution is 2.25. The minimum absolute atomic E-state index is 0.245. The van der Waals surface area contributed by atoms with Gasteiger partial charge in [0.1, 0.15) is 0 Å². The second kappa shape index (κ2) is 5.75. The van der Waals surface area contributed by atoms with Gasteiger partial charge >= 0.3 is 0 Å². The number of halogens is 1. The number of nitrogens with two attached hydrogens (primary N) is 1. The van der Waals surface area contributed by atoms with E-state index in [-0.39, 0.29) is 5.91 Å². The second-order valence-corrected chi connectivity index (χ2v) is 4.62. The Balaban J connectivity index is 2.42. The predicted octanol–water partition coefficient (Wildman–Crippen LogP) is 2.47. The first-order valence-electron chi connectivity index (χ1n) is 5.95. The minimum Gasteiger partial charge on any atom is -0.366 e. The number of carbonyl (C=O) groups is 2. The van der Waals surface area contributed by atoms with Crippen molar-refractivity contribution in [2.45, 2.75) is 0 Å². The first-order valence-corrected chi connectivity index (χ1v) is 6.32. The third kappa shape index (κ3) is 2.81. The molecule has 0 aliphatic heterocycles. The molecule has 2 rings (SSSR count). The summed E-state index contributed by atoms with van der Waals surface area (Å²) in [4.78, 5) is 22.7. The number of hydrogen-bond donors (Lipinski definition) is 2. The lowest BCUT2D eigenvalue weighted by Crippen LogP contribution is -2.18. The first kappa shape index (κ1) is 14.1. The lowest BCUT2D eigenvalue weighted by atomic mass is 10.0. The summed E-state index contributed by atoms with van der Waals surface area (Å²) in [5.74, 6) is -0.718. The topological polar surface area (TPSA) is 72.2 Å². The van der Waals surface area contributed by atoms with Crippen molar-refractivity contribution in [3.63, 3.8) is 0 Å². The molecule has 0 aliphatic carbocycles. The molecule has 2 aromatic rings. The van der Waals surface area contributed by atoms with Crippen molar-refractivity contribution in [2.24, 2.45) is 5.73 Å². The molecule has 20 heavy (non-hydrogen) atoms. The lowest BCUT2D eigenvalue weighted by Gasteiger charge is -2.07. The lowest BCUT2D eigenvalue weighted by molar-refractivity contribution is 0.0961. The summed E-state index contributed by atoms with van der Waals surface area (Å²) in [5.41, 5.74) is 7.75. The second-order valence-electron chi connectivity index (χ2n) is 4.22. The SMILES string of the molecule is CNC(=O)c1cc(-c2ccc(C(N)=O)cc2)ccc1Cl. The fourth-order valence-corrected chi connectivity index (χ4v) is 2.04. The van der Waals surface area contributed by atoms with E-state index in [0.29, 0.717) is 16.1 Å². The molecular weight excluding hydrogens is 276 g/mol. The van der Waals surface area contributed by atoms with Crippen molar-refractivity contribution in [3.8, 4) is 11.1 Å². The molecule has 0 saturated heterocycles. The molecule has 3 N–H and O–H groups in total. The van der Waals surface area contributed by atoms with E-state index in [4.69, 9.17) is 17.3 Å². The van der Waals surface area contributed by atoms with Crippen molar-refractivity contribution in [2.75, 3.05) is 7.05 Å². The summed E-state index contributed by atoms with van der Waals surface area (Å²) in [6.07, 6.45) is 0. The monoisotopic (exact) mass is 288 g/mol. The van der Waals surface area contributed by atoms with E-state index in [1.54, 1.807) is 43.4 Å². The zero-order valence-electron chi connectivity index (χ0n) is 10.8. The number of carbonyl (C=O) groups excluding carboxylic acids is 2. The van der Waals surface area contributed by atoms with Gasteiger partial charge < -0.3 is 11.1 Å². The fraction of sp³-hybridized carbons (Fsp3) is 0.0667. The summed E-state index contributed by atoms with van der Waals surface area (Å²) in [7, 11) is 1.55. The van der Waals surface area contributed by atoms with Gasteiger partial charge in [0.2, 0.25) is 5.91 Å². The molecule has 0 heterocycles. The van der Waals surface area contributed by atoms with E-state index in [9.17, 15) is 9.59 Å². The van der Waals surface area contributed by atoms with Crippen LogP contribution in [0.15, 0.2) is 42.5 Å². The number of rotatable bonds is 3. The van der Waals surface area contributed by atoms with Gasteiger partial charge in [0.05, 0.1) is 10.6 Å². The van der Waals surface area contributed by atoms with Crippen LogP contribution in [0.3, 0.4) is 0 Å². The minimum atomic E-state index is -0.473.